The van der Waals surface area contributed by atoms with Crippen LogP contribution in [0.3, 0.4) is 0 Å². The van der Waals surface area contributed by atoms with Gasteiger partial charge in [-0.3, -0.25) is 9.69 Å². The number of hydrogen-bond donors (Lipinski definition) is 0. The zero-order valence-electron chi connectivity index (χ0n) is 10.8. The van der Waals surface area contributed by atoms with E-state index in [1.165, 1.54) is 6.42 Å². The van der Waals surface area contributed by atoms with Crippen LogP contribution in [0.4, 0.5) is 4.79 Å². The van der Waals surface area contributed by atoms with Crippen LogP contribution >= 0.6 is 0 Å². The van der Waals surface area contributed by atoms with Crippen molar-refractivity contribution in [3.8, 4) is 0 Å². The number of rotatable bonds is 2. The molecule has 1 saturated carbocycles. The van der Waals surface area contributed by atoms with Gasteiger partial charge in [0.05, 0.1) is 0 Å². The van der Waals surface area contributed by atoms with E-state index in [0.717, 1.165) is 25.7 Å². The van der Waals surface area contributed by atoms with E-state index < -0.39 is 0 Å². The fraction of sp³-hybridized carbons (Fsp3) is 0.846. The lowest BCUT2D eigenvalue weighted by Gasteiger charge is -2.41. The largest absolute Gasteiger partial charge is 0.327 e. The molecule has 2 rings (SSSR count). The van der Waals surface area contributed by atoms with E-state index in [9.17, 15) is 9.59 Å². The van der Waals surface area contributed by atoms with Gasteiger partial charge in [0, 0.05) is 25.0 Å². The predicted octanol–water partition coefficient (Wildman–Crippen LogP) is 2.38. The van der Waals surface area contributed by atoms with Crippen molar-refractivity contribution in [1.29, 1.82) is 0 Å². The molecule has 0 bridgehead atoms. The summed E-state index contributed by atoms with van der Waals surface area (Å²) in [6.07, 6.45) is 5.99. The molecule has 0 aromatic rings. The van der Waals surface area contributed by atoms with Gasteiger partial charge in [0.25, 0.3) is 0 Å². The summed E-state index contributed by atoms with van der Waals surface area (Å²) < 4.78 is 0. The van der Waals surface area contributed by atoms with Gasteiger partial charge < -0.3 is 4.90 Å². The van der Waals surface area contributed by atoms with Gasteiger partial charge >= 0.3 is 6.03 Å². The number of urea groups is 1. The van der Waals surface area contributed by atoms with Crippen molar-refractivity contribution in [1.82, 2.24) is 9.80 Å². The average Bonchev–Trinajstić information content (AvgIpc) is 2.30. The van der Waals surface area contributed by atoms with E-state index >= 15 is 0 Å². The topological polar surface area (TPSA) is 40.6 Å². The SMILES string of the molecule is CC(C)N1CCC(=O)N(C2CCCCC2)C1=O. The van der Waals surface area contributed by atoms with Crippen molar-refractivity contribution in [2.75, 3.05) is 6.54 Å². The second kappa shape index (κ2) is 5.07. The molecule has 0 radical (unpaired) electrons. The highest BCUT2D eigenvalue weighted by Crippen LogP contribution is 2.26. The van der Waals surface area contributed by atoms with E-state index in [4.69, 9.17) is 0 Å². The van der Waals surface area contributed by atoms with Crippen molar-refractivity contribution in [2.45, 2.75) is 64.5 Å². The van der Waals surface area contributed by atoms with Crippen molar-refractivity contribution in [3.05, 3.63) is 0 Å². The lowest BCUT2D eigenvalue weighted by molar-refractivity contribution is -0.133. The van der Waals surface area contributed by atoms with Gasteiger partial charge in [0.15, 0.2) is 0 Å². The number of amides is 3. The van der Waals surface area contributed by atoms with Crippen molar-refractivity contribution in [2.24, 2.45) is 0 Å². The van der Waals surface area contributed by atoms with E-state index in [-0.39, 0.29) is 24.0 Å². The zero-order chi connectivity index (χ0) is 12.4. The van der Waals surface area contributed by atoms with Crippen molar-refractivity contribution >= 4 is 11.9 Å². The van der Waals surface area contributed by atoms with E-state index in [0.29, 0.717) is 13.0 Å². The Morgan fingerprint density at radius 2 is 1.76 bits per heavy atom. The molecule has 0 aromatic heterocycles. The Bertz CT molecular complexity index is 309. The van der Waals surface area contributed by atoms with Gasteiger partial charge in [-0.2, -0.15) is 0 Å². The lowest BCUT2D eigenvalue weighted by Crippen LogP contribution is -2.58. The fourth-order valence-corrected chi connectivity index (χ4v) is 2.86. The Labute approximate surface area is 103 Å². The molecule has 0 unspecified atom stereocenters. The van der Waals surface area contributed by atoms with Gasteiger partial charge in [-0.15, -0.1) is 0 Å². The van der Waals surface area contributed by atoms with Crippen LogP contribution in [0.5, 0.6) is 0 Å². The molecule has 17 heavy (non-hydrogen) atoms. The summed E-state index contributed by atoms with van der Waals surface area (Å²) in [5, 5.41) is 0. The summed E-state index contributed by atoms with van der Waals surface area (Å²) in [6.45, 7) is 4.60. The Hall–Kier alpha value is -1.06. The minimum atomic E-state index is -0.0665. The van der Waals surface area contributed by atoms with Crippen molar-refractivity contribution < 1.29 is 9.59 Å². The first-order valence-electron chi connectivity index (χ1n) is 6.74. The molecule has 1 saturated heterocycles. The second-order valence-corrected chi connectivity index (χ2v) is 5.38. The summed E-state index contributed by atoms with van der Waals surface area (Å²) >= 11 is 0. The molecular formula is C13H22N2O2. The first kappa shape index (κ1) is 12.4. The third-order valence-corrected chi connectivity index (χ3v) is 3.85. The maximum atomic E-state index is 12.3. The van der Waals surface area contributed by atoms with Gasteiger partial charge in [0.2, 0.25) is 5.91 Å². The molecule has 0 aromatic carbocycles. The molecule has 2 aliphatic rings. The van der Waals surface area contributed by atoms with Gasteiger partial charge in [-0.1, -0.05) is 19.3 Å². The normalized spacial score (nSPS) is 23.7. The molecule has 0 spiro atoms. The molecule has 4 heteroatoms. The average molecular weight is 238 g/mol. The van der Waals surface area contributed by atoms with Crippen LogP contribution in [-0.4, -0.2) is 40.4 Å². The third-order valence-electron chi connectivity index (χ3n) is 3.85. The van der Waals surface area contributed by atoms with Crippen LogP contribution in [0, 0.1) is 0 Å². The summed E-state index contributed by atoms with van der Waals surface area (Å²) in [5.74, 6) is 0.0267. The highest BCUT2D eigenvalue weighted by atomic mass is 16.2. The first-order valence-corrected chi connectivity index (χ1v) is 6.74. The summed E-state index contributed by atoms with van der Waals surface area (Å²) in [5.41, 5.74) is 0. The van der Waals surface area contributed by atoms with Crippen LogP contribution in [-0.2, 0) is 4.79 Å². The zero-order valence-corrected chi connectivity index (χ0v) is 10.8. The van der Waals surface area contributed by atoms with Crippen LogP contribution in [0.2, 0.25) is 0 Å². The molecule has 2 fully saturated rings. The number of nitrogens with zero attached hydrogens (tertiary/aromatic N) is 2. The van der Waals surface area contributed by atoms with Gasteiger partial charge in [0.1, 0.15) is 0 Å². The minimum Gasteiger partial charge on any atom is -0.321 e. The molecule has 3 amide bonds. The first-order chi connectivity index (χ1) is 8.11. The summed E-state index contributed by atoms with van der Waals surface area (Å²) in [6, 6.07) is 0.273. The van der Waals surface area contributed by atoms with E-state index in [1.54, 1.807) is 4.90 Å². The monoisotopic (exact) mass is 238 g/mol. The minimum absolute atomic E-state index is 0.0267. The quantitative estimate of drug-likeness (QED) is 0.741. The molecule has 0 N–H and O–H groups in total. The molecule has 0 atom stereocenters. The third kappa shape index (κ3) is 2.45. The van der Waals surface area contributed by atoms with Gasteiger partial charge in [-0.25, -0.2) is 4.79 Å². The number of hydrogen-bond acceptors (Lipinski definition) is 2. The maximum Gasteiger partial charge on any atom is 0.327 e. The fourth-order valence-electron chi connectivity index (χ4n) is 2.86. The predicted molar refractivity (Wildman–Crippen MR) is 65.6 cm³/mol. The Kier molecular flexibility index (Phi) is 3.69. The number of imide groups is 1. The molecular weight excluding hydrogens is 216 g/mol. The van der Waals surface area contributed by atoms with Crippen LogP contribution < -0.4 is 0 Å². The molecule has 1 heterocycles. The summed E-state index contributed by atoms with van der Waals surface area (Å²) in [7, 11) is 0. The number of carbonyl (C=O) groups excluding carboxylic acids is 2. The highest BCUT2D eigenvalue weighted by molar-refractivity contribution is 5.97. The standard InChI is InChI=1S/C13H22N2O2/c1-10(2)14-9-8-12(16)15(13(14)17)11-6-4-3-5-7-11/h10-11H,3-9H2,1-2H3. The lowest BCUT2D eigenvalue weighted by atomic mass is 9.93. The van der Waals surface area contributed by atoms with Gasteiger partial charge in [-0.05, 0) is 26.7 Å². The molecule has 1 aliphatic heterocycles. The van der Waals surface area contributed by atoms with Crippen LogP contribution in [0.15, 0.2) is 0 Å². The van der Waals surface area contributed by atoms with E-state index in [2.05, 4.69) is 0 Å². The molecule has 4 nitrogen and oxygen atoms in total. The Morgan fingerprint density at radius 3 is 2.35 bits per heavy atom. The van der Waals surface area contributed by atoms with Crippen LogP contribution in [0.1, 0.15) is 52.4 Å². The Morgan fingerprint density at radius 1 is 1.12 bits per heavy atom. The van der Waals surface area contributed by atoms with E-state index in [1.807, 2.05) is 18.7 Å². The van der Waals surface area contributed by atoms with Crippen molar-refractivity contribution in [3.63, 3.8) is 0 Å². The number of carbonyl (C=O) groups is 2. The Balaban J connectivity index is 2.11. The molecule has 96 valence electrons. The molecule has 1 aliphatic carbocycles. The van der Waals surface area contributed by atoms with Crippen LogP contribution in [0.25, 0.3) is 0 Å². The highest BCUT2D eigenvalue weighted by Gasteiger charge is 2.37. The second-order valence-electron chi connectivity index (χ2n) is 5.38. The smallest absolute Gasteiger partial charge is 0.321 e. The summed E-state index contributed by atoms with van der Waals surface area (Å²) in [4.78, 5) is 27.6. The maximum absolute atomic E-state index is 12.3.